The Morgan fingerprint density at radius 2 is 1.66 bits per heavy atom. The van der Waals surface area contributed by atoms with Crippen LogP contribution in [-0.4, -0.2) is 52.1 Å². The number of benzene rings is 2. The largest absolute Gasteiger partial charge is 0.457 e. The summed E-state index contributed by atoms with van der Waals surface area (Å²) in [5.74, 6) is 0.319. The van der Waals surface area contributed by atoms with Gasteiger partial charge >= 0.3 is 5.97 Å². The summed E-state index contributed by atoms with van der Waals surface area (Å²) < 4.78 is 12.8. The van der Waals surface area contributed by atoms with Crippen molar-refractivity contribution in [1.29, 1.82) is 0 Å². The van der Waals surface area contributed by atoms with Crippen LogP contribution >= 0.6 is 0 Å². The van der Waals surface area contributed by atoms with Crippen molar-refractivity contribution >= 4 is 11.9 Å². The molecule has 4 aliphatic rings. The van der Waals surface area contributed by atoms with Gasteiger partial charge in [0.25, 0.3) is 5.91 Å². The number of nitrogens with two attached hydrogens (primary N) is 1. The Kier molecular flexibility index (Phi) is 5.25. The van der Waals surface area contributed by atoms with Crippen molar-refractivity contribution in [3.8, 4) is 11.5 Å². The number of ether oxygens (including phenoxy) is 2. The lowest BCUT2D eigenvalue weighted by atomic mass is 9.81. The summed E-state index contributed by atoms with van der Waals surface area (Å²) in [6.45, 7) is 2.13. The lowest BCUT2D eigenvalue weighted by molar-refractivity contribution is -0.965. The van der Waals surface area contributed by atoms with Crippen molar-refractivity contribution in [3.05, 3.63) is 83.9 Å². The Hall–Kier alpha value is -3.78. The van der Waals surface area contributed by atoms with Crippen molar-refractivity contribution < 1.29 is 23.5 Å². The van der Waals surface area contributed by atoms with Gasteiger partial charge in [0, 0.05) is 42.3 Å². The summed E-state index contributed by atoms with van der Waals surface area (Å²) in [6, 6.07) is 14.6. The first kappa shape index (κ1) is 21.7. The van der Waals surface area contributed by atoms with Gasteiger partial charge in [0.2, 0.25) is 6.04 Å². The number of piperidine rings is 3. The van der Waals surface area contributed by atoms with Crippen LogP contribution in [0.4, 0.5) is 0 Å². The second-order valence-corrected chi connectivity index (χ2v) is 9.71. The molecular formula is C27H27N4O4+. The van der Waals surface area contributed by atoms with E-state index in [2.05, 4.69) is 9.97 Å². The number of esters is 1. The molecule has 0 saturated carbocycles. The number of fused-ring (bicyclic) bond motifs is 5. The lowest BCUT2D eigenvalue weighted by Crippen LogP contribution is -2.67. The van der Waals surface area contributed by atoms with Gasteiger partial charge in [-0.25, -0.2) is 0 Å². The molecule has 0 radical (unpaired) electrons. The van der Waals surface area contributed by atoms with Crippen molar-refractivity contribution in [2.24, 2.45) is 11.7 Å². The third-order valence-corrected chi connectivity index (χ3v) is 7.82. The Labute approximate surface area is 203 Å². The number of para-hydroxylation sites is 2. The fourth-order valence-corrected chi connectivity index (χ4v) is 6.19. The third-order valence-electron chi connectivity index (χ3n) is 7.82. The highest BCUT2D eigenvalue weighted by molar-refractivity contribution is 5.85. The van der Waals surface area contributed by atoms with E-state index in [1.807, 2.05) is 48.5 Å². The zero-order valence-corrected chi connectivity index (χ0v) is 19.2. The number of nitrogens with zero attached hydrogens (tertiary/aromatic N) is 3. The maximum Gasteiger partial charge on any atom is 0.318 e. The van der Waals surface area contributed by atoms with Gasteiger partial charge in [0.1, 0.15) is 29.7 Å². The van der Waals surface area contributed by atoms with E-state index in [1.54, 1.807) is 18.6 Å². The SMILES string of the molecule is NC(=O)C(c1cnccn1)[N+]12CCC(CC1)[C@@H](OC(=O)C1c3ccccc3Oc3ccccc31)C2. The predicted octanol–water partition coefficient (Wildman–Crippen LogP) is 3.09. The number of primary amides is 1. The van der Waals surface area contributed by atoms with E-state index in [1.165, 1.54) is 0 Å². The van der Waals surface area contributed by atoms with Crippen molar-refractivity contribution in [2.75, 3.05) is 19.6 Å². The first-order valence-corrected chi connectivity index (χ1v) is 12.0. The molecule has 2 aromatic carbocycles. The molecule has 178 valence electrons. The summed E-state index contributed by atoms with van der Waals surface area (Å²) in [7, 11) is 0. The van der Waals surface area contributed by atoms with Crippen molar-refractivity contribution in [3.63, 3.8) is 0 Å². The van der Waals surface area contributed by atoms with E-state index in [9.17, 15) is 9.59 Å². The van der Waals surface area contributed by atoms with Gasteiger partial charge < -0.3 is 19.7 Å². The maximum absolute atomic E-state index is 13.7. The Bertz CT molecular complexity index is 1230. The minimum absolute atomic E-state index is 0.264. The van der Waals surface area contributed by atoms with E-state index < -0.39 is 17.9 Å². The minimum atomic E-state index is -0.615. The zero-order chi connectivity index (χ0) is 24.0. The highest BCUT2D eigenvalue weighted by Crippen LogP contribution is 2.46. The molecule has 3 fully saturated rings. The lowest BCUT2D eigenvalue weighted by Gasteiger charge is -2.54. The fourth-order valence-electron chi connectivity index (χ4n) is 6.19. The van der Waals surface area contributed by atoms with Crippen LogP contribution in [-0.2, 0) is 14.3 Å². The second-order valence-electron chi connectivity index (χ2n) is 9.71. The highest BCUT2D eigenvalue weighted by atomic mass is 16.5. The molecule has 5 heterocycles. The fraction of sp³-hybridized carbons (Fsp3) is 0.333. The molecule has 2 bridgehead atoms. The molecule has 3 aromatic rings. The molecule has 8 nitrogen and oxygen atoms in total. The molecule has 0 aliphatic carbocycles. The number of carbonyl (C=O) groups excluding carboxylic acids is 2. The number of carbonyl (C=O) groups is 2. The van der Waals surface area contributed by atoms with E-state index in [0.717, 1.165) is 37.1 Å². The zero-order valence-electron chi connectivity index (χ0n) is 19.2. The van der Waals surface area contributed by atoms with Gasteiger partial charge in [0.05, 0.1) is 19.3 Å². The summed E-state index contributed by atoms with van der Waals surface area (Å²) >= 11 is 0. The number of hydrogen-bond donors (Lipinski definition) is 1. The number of quaternary nitrogens is 1. The molecule has 2 atom stereocenters. The average Bonchev–Trinajstić information content (AvgIpc) is 2.88. The number of hydrogen-bond acceptors (Lipinski definition) is 6. The number of rotatable bonds is 5. The monoisotopic (exact) mass is 471 g/mol. The number of aromatic nitrogens is 2. The summed E-state index contributed by atoms with van der Waals surface area (Å²) in [5.41, 5.74) is 8.07. The Morgan fingerprint density at radius 3 is 2.26 bits per heavy atom. The van der Waals surface area contributed by atoms with Gasteiger partial charge in [-0.3, -0.25) is 19.6 Å². The van der Waals surface area contributed by atoms with Gasteiger partial charge in [0.15, 0.2) is 6.10 Å². The van der Waals surface area contributed by atoms with Crippen LogP contribution in [0.25, 0.3) is 0 Å². The van der Waals surface area contributed by atoms with Crippen LogP contribution in [0, 0.1) is 5.92 Å². The Balaban J connectivity index is 1.30. The molecule has 4 aliphatic heterocycles. The molecule has 3 saturated heterocycles. The Morgan fingerprint density at radius 1 is 1.00 bits per heavy atom. The quantitative estimate of drug-likeness (QED) is 0.453. The molecule has 1 unspecified atom stereocenters. The normalized spacial score (nSPS) is 25.6. The predicted molar refractivity (Wildman–Crippen MR) is 126 cm³/mol. The van der Waals surface area contributed by atoms with Crippen LogP contribution in [0.1, 0.15) is 41.6 Å². The molecular weight excluding hydrogens is 444 g/mol. The van der Waals surface area contributed by atoms with Crippen LogP contribution in [0.2, 0.25) is 0 Å². The van der Waals surface area contributed by atoms with Crippen LogP contribution < -0.4 is 10.5 Å². The summed E-state index contributed by atoms with van der Waals surface area (Å²) in [5, 5.41) is 0. The summed E-state index contributed by atoms with van der Waals surface area (Å²) in [6.07, 6.45) is 6.20. The number of amides is 1. The first-order valence-electron chi connectivity index (χ1n) is 12.0. The van der Waals surface area contributed by atoms with Gasteiger partial charge in [-0.2, -0.15) is 0 Å². The smallest absolute Gasteiger partial charge is 0.318 e. The highest BCUT2D eigenvalue weighted by Gasteiger charge is 2.54. The molecule has 35 heavy (non-hydrogen) atoms. The minimum Gasteiger partial charge on any atom is -0.457 e. The standard InChI is InChI=1S/C27H26N4O4/c28-26(32)25(20-15-29-11-12-30-20)31-13-9-17(10-14-31)23(16-31)35-27(33)24-18-5-1-3-7-21(18)34-22-8-4-2-6-19(22)24/h1-8,11-12,15,17,23-25H,9-10,13-14,16H2,(H-,28,32)/p+1/t17?,23-,25?,31?/m0/s1. The average molecular weight is 472 g/mol. The van der Waals surface area contributed by atoms with E-state index in [0.29, 0.717) is 28.2 Å². The second kappa shape index (κ2) is 8.46. The molecule has 1 amide bonds. The van der Waals surface area contributed by atoms with Gasteiger partial charge in [-0.15, -0.1) is 0 Å². The third kappa shape index (κ3) is 3.65. The molecule has 2 N–H and O–H groups in total. The van der Waals surface area contributed by atoms with Crippen LogP contribution in [0.15, 0.2) is 67.1 Å². The van der Waals surface area contributed by atoms with E-state index in [4.69, 9.17) is 15.2 Å². The van der Waals surface area contributed by atoms with Crippen LogP contribution in [0.3, 0.4) is 0 Å². The molecule has 0 spiro atoms. The van der Waals surface area contributed by atoms with Gasteiger partial charge in [-0.1, -0.05) is 36.4 Å². The van der Waals surface area contributed by atoms with E-state index in [-0.39, 0.29) is 18.0 Å². The molecule has 8 heteroatoms. The van der Waals surface area contributed by atoms with Gasteiger partial charge in [-0.05, 0) is 12.1 Å². The topological polar surface area (TPSA) is 104 Å². The first-order chi connectivity index (χ1) is 17.1. The van der Waals surface area contributed by atoms with Crippen molar-refractivity contribution in [1.82, 2.24) is 9.97 Å². The molecule has 7 rings (SSSR count). The van der Waals surface area contributed by atoms with Crippen LogP contribution in [0.5, 0.6) is 11.5 Å². The molecule has 1 aromatic heterocycles. The maximum atomic E-state index is 13.7. The van der Waals surface area contributed by atoms with E-state index >= 15 is 0 Å². The summed E-state index contributed by atoms with van der Waals surface area (Å²) in [4.78, 5) is 34.9. The van der Waals surface area contributed by atoms with Crippen molar-refractivity contribution in [2.45, 2.75) is 30.9 Å².